The average molecular weight is 1860 g/mol. The van der Waals surface area contributed by atoms with E-state index in [1.165, 1.54) is 53.9 Å². The fraction of sp³-hybridized carbons (Fsp3) is 0.442. The highest BCUT2D eigenvalue weighted by atomic mass is 16.2. The van der Waals surface area contributed by atoms with Crippen LogP contribution in [-0.4, -0.2) is 292 Å². The van der Waals surface area contributed by atoms with E-state index in [4.69, 9.17) is 34.4 Å². The fourth-order valence-corrected chi connectivity index (χ4v) is 16.9. The molecule has 32 nitrogen and oxygen atoms in total. The van der Waals surface area contributed by atoms with Gasteiger partial charge in [-0.3, -0.25) is 57.5 Å². The molecule has 5 atom stereocenters. The van der Waals surface area contributed by atoms with Crippen molar-refractivity contribution in [1.29, 1.82) is 0 Å². The van der Waals surface area contributed by atoms with Gasteiger partial charge in [0.2, 0.25) is 70.9 Å². The van der Waals surface area contributed by atoms with Crippen molar-refractivity contribution in [3.8, 4) is 0 Å². The van der Waals surface area contributed by atoms with Crippen LogP contribution in [0.2, 0.25) is 0 Å². The number of unbranched alkanes of at least 4 members (excludes halogenated alkanes) is 5. The monoisotopic (exact) mass is 1860 g/mol. The van der Waals surface area contributed by atoms with Gasteiger partial charge in [-0.05, 0) is 202 Å². The number of para-hydroxylation sites is 2. The number of nitrogens with zero attached hydrogens (tertiary/aromatic N) is 11. The van der Waals surface area contributed by atoms with Gasteiger partial charge in [0.1, 0.15) is 32.7 Å². The second-order valence-electron chi connectivity index (χ2n) is 34.8. The van der Waals surface area contributed by atoms with Crippen molar-refractivity contribution in [2.75, 3.05) is 157 Å². The number of rotatable bonds is 60. The van der Waals surface area contributed by atoms with Crippen molar-refractivity contribution < 1.29 is 57.5 Å². The van der Waals surface area contributed by atoms with E-state index in [2.05, 4.69) is 15.3 Å². The molecule has 0 aliphatic heterocycles. The summed E-state index contributed by atoms with van der Waals surface area (Å²) in [5.41, 5.74) is 43.1. The average Bonchev–Trinajstić information content (AvgIpc) is 1.81. The Bertz CT molecular complexity index is 5260. The van der Waals surface area contributed by atoms with E-state index in [0.717, 1.165) is 32.9 Å². The third-order valence-corrected chi connectivity index (χ3v) is 25.2. The highest BCUT2D eigenvalue weighted by Gasteiger charge is 2.38. The summed E-state index contributed by atoms with van der Waals surface area (Å²) >= 11 is 0. The summed E-state index contributed by atoms with van der Waals surface area (Å²) < 4.78 is 0. The molecule has 0 aliphatic carbocycles. The van der Waals surface area contributed by atoms with Gasteiger partial charge in [0.15, 0.2) is 0 Å². The lowest BCUT2D eigenvalue weighted by atomic mass is 10.0. The van der Waals surface area contributed by atoms with Crippen LogP contribution in [0.5, 0.6) is 0 Å². The molecular formula is C104H142N20O12. The number of H-pyrrole nitrogens is 2. The highest BCUT2D eigenvalue weighted by molar-refractivity contribution is 5.96. The zero-order chi connectivity index (χ0) is 97.8. The van der Waals surface area contributed by atoms with Crippen LogP contribution in [-0.2, 0) is 70.4 Å². The highest BCUT2D eigenvalue weighted by Crippen LogP contribution is 2.30. The van der Waals surface area contributed by atoms with Gasteiger partial charge >= 0.3 is 0 Å². The summed E-state index contributed by atoms with van der Waals surface area (Å²) in [6.07, 6.45) is 9.20. The minimum Gasteiger partial charge on any atom is -0.368 e. The summed E-state index contributed by atoms with van der Waals surface area (Å²) in [4.78, 5) is 204. The maximum atomic E-state index is 16.0. The van der Waals surface area contributed by atoms with Gasteiger partial charge in [0.25, 0.3) is 0 Å². The third kappa shape index (κ3) is 32.4. The molecule has 0 fully saturated rings. The first-order valence-corrected chi connectivity index (χ1v) is 47.8. The Labute approximate surface area is 800 Å². The van der Waals surface area contributed by atoms with Crippen LogP contribution in [0.1, 0.15) is 168 Å². The molecular weight excluding hydrogens is 1720 g/mol. The van der Waals surface area contributed by atoms with Gasteiger partial charge in [-0.25, -0.2) is 0 Å². The summed E-state index contributed by atoms with van der Waals surface area (Å²) in [7, 11) is 0. The van der Waals surface area contributed by atoms with E-state index in [1.54, 1.807) is 107 Å². The molecule has 12 amide bonds. The fourth-order valence-electron chi connectivity index (χ4n) is 16.9. The largest absolute Gasteiger partial charge is 0.368 e. The molecule has 15 N–H and O–H groups in total. The van der Waals surface area contributed by atoms with Crippen LogP contribution in [0.15, 0.2) is 213 Å². The number of primary amides is 1. The SMILES string of the molecule is C[C@@H](c1ccccc1)N(CC(=O)N(CCCCN)CC(=O)N(CCCCN)CC(=O)N(CC(=O)N(CC(=O)N(CCCCN)CC(=O)N(CC(=O)N(CC(=O)N(CCCCN)CC(N)=O)[C@@H](C)c1ccccc1)[C@@H](C)c1ccccc1)[C@@H](C)c1ccccc1)[C@@H](C)c1ccccc1)C(=O)CN(CCCCN)C(=O)CN(CCc1c[nH]c2ccccc12)C(=O)CNCCc1c[nH]c2ccccc12. The number of hydrogen-bond acceptors (Lipinski definition) is 18. The first kappa shape index (κ1) is 107. The number of fused-ring (bicyclic) bond motifs is 2. The van der Waals surface area contributed by atoms with Gasteiger partial charge in [0, 0.05) is 73.5 Å². The molecule has 9 rings (SSSR count). The Morgan fingerprint density at radius 3 is 0.772 bits per heavy atom. The first-order chi connectivity index (χ1) is 65.8. The maximum absolute atomic E-state index is 16.0. The molecule has 0 bridgehead atoms. The minimum atomic E-state index is -0.849. The van der Waals surface area contributed by atoms with Crippen LogP contribution in [0.4, 0.5) is 0 Å². The number of aromatic nitrogens is 2. The molecule has 730 valence electrons. The molecule has 2 aromatic heterocycles. The number of hydrogen-bond donors (Lipinski definition) is 9. The second kappa shape index (κ2) is 56.4. The zero-order valence-electron chi connectivity index (χ0n) is 79.8. The molecule has 0 saturated heterocycles. The zero-order valence-corrected chi connectivity index (χ0v) is 79.8. The minimum absolute atomic E-state index is 0.00928. The number of aromatic amines is 2. The van der Waals surface area contributed by atoms with E-state index in [0.29, 0.717) is 125 Å². The number of amides is 12. The van der Waals surface area contributed by atoms with E-state index >= 15 is 43.2 Å². The Balaban J connectivity index is 0.982. The lowest BCUT2D eigenvalue weighted by molar-refractivity contribution is -0.151. The van der Waals surface area contributed by atoms with Crippen LogP contribution in [0.25, 0.3) is 21.8 Å². The van der Waals surface area contributed by atoms with E-state index in [1.807, 2.05) is 140 Å². The molecule has 0 aliphatic rings. The maximum Gasteiger partial charge on any atom is 0.243 e. The molecule has 32 heteroatoms. The Morgan fingerprint density at radius 2 is 0.493 bits per heavy atom. The van der Waals surface area contributed by atoms with Crippen molar-refractivity contribution in [3.63, 3.8) is 0 Å². The van der Waals surface area contributed by atoms with Gasteiger partial charge < -0.3 is 104 Å². The smallest absolute Gasteiger partial charge is 0.243 e. The van der Waals surface area contributed by atoms with Gasteiger partial charge in [-0.15, -0.1) is 0 Å². The molecule has 0 unspecified atom stereocenters. The number of nitrogens with one attached hydrogen (secondary N) is 3. The molecule has 9 aromatic rings. The molecule has 0 saturated carbocycles. The predicted octanol–water partition coefficient (Wildman–Crippen LogP) is 8.12. The van der Waals surface area contributed by atoms with Gasteiger partial charge in [0.05, 0.1) is 76.0 Å². The van der Waals surface area contributed by atoms with Gasteiger partial charge in [-0.2, -0.15) is 0 Å². The van der Waals surface area contributed by atoms with E-state index < -0.39 is 161 Å². The van der Waals surface area contributed by atoms with Crippen LogP contribution >= 0.6 is 0 Å². The molecule has 0 radical (unpaired) electrons. The standard InChI is InChI=1S/C104H142N20O12/c1-77(82-35-11-6-12-36-82)120(100(132)69-117(60-33-28-54-108)96(128)68-119(62-50-88-64-113-92-48-24-22-46-90(88)92)94(126)65-111-56-49-87-63-112-91-47-23-21-45-89(87)91)73-98(130)115(58-31-26-52-106)67-95(127)116(59-32-27-53-107)70-101(133)123(80(4)85-41-17-9-18-42-85)76-104(136)122(79(3)84-39-15-8-16-40-84)74-99(131)118(61-34-29-55-109)71-102(134)124(81(5)86-43-19-10-20-44-86)75-103(135)121(78(2)83-37-13-7-14-38-83)72-97(129)114(66-93(110)125)57-30-25-51-105/h6-24,35-48,63-64,77-81,111-113H,25-34,49-62,65-76,105-109H2,1-5H3,(H2,110,125)/t77-,78-,79-,80-,81-/m0/s1. The number of carbonyl (C=O) groups is 12. The van der Waals surface area contributed by atoms with Crippen LogP contribution in [0.3, 0.4) is 0 Å². The third-order valence-electron chi connectivity index (χ3n) is 25.2. The van der Waals surface area contributed by atoms with E-state index in [-0.39, 0.29) is 77.9 Å². The van der Waals surface area contributed by atoms with E-state index in [9.17, 15) is 14.4 Å². The van der Waals surface area contributed by atoms with Crippen LogP contribution < -0.4 is 39.7 Å². The Hall–Kier alpha value is -13.0. The molecule has 136 heavy (non-hydrogen) atoms. The summed E-state index contributed by atoms with van der Waals surface area (Å²) in [6.45, 7) is 5.16. The van der Waals surface area contributed by atoms with Crippen molar-refractivity contribution in [3.05, 3.63) is 252 Å². The lowest BCUT2D eigenvalue weighted by Gasteiger charge is -2.37. The van der Waals surface area contributed by atoms with Gasteiger partial charge in [-0.1, -0.05) is 188 Å². The Morgan fingerprint density at radius 1 is 0.265 bits per heavy atom. The summed E-state index contributed by atoms with van der Waals surface area (Å²) in [5.74, 6) is -7.20. The topological polar surface area (TPSA) is 440 Å². The Kier molecular flexibility index (Phi) is 44.2. The van der Waals surface area contributed by atoms with Crippen molar-refractivity contribution >= 4 is 92.7 Å². The number of nitrogens with two attached hydrogens (primary N) is 6. The lowest BCUT2D eigenvalue weighted by Crippen LogP contribution is -2.53. The van der Waals surface area contributed by atoms with Crippen LogP contribution in [0, 0.1) is 0 Å². The summed E-state index contributed by atoms with van der Waals surface area (Å²) in [6, 6.07) is 57.1. The second-order valence-corrected chi connectivity index (χ2v) is 34.8. The summed E-state index contributed by atoms with van der Waals surface area (Å²) in [5, 5.41) is 5.39. The normalized spacial score (nSPS) is 12.3. The van der Waals surface area contributed by atoms with Crippen molar-refractivity contribution in [1.82, 2.24) is 69.2 Å². The first-order valence-electron chi connectivity index (χ1n) is 47.8. The number of benzene rings is 7. The quantitative estimate of drug-likeness (QED) is 0.0162. The predicted molar refractivity (Wildman–Crippen MR) is 530 cm³/mol. The molecule has 2 heterocycles. The molecule has 7 aromatic carbocycles. The van der Waals surface area contributed by atoms with Crippen molar-refractivity contribution in [2.24, 2.45) is 34.4 Å². The molecule has 0 spiro atoms. The van der Waals surface area contributed by atoms with Crippen molar-refractivity contribution in [2.45, 2.75) is 142 Å². The number of carbonyl (C=O) groups excluding carboxylic acids is 12.